The van der Waals surface area contributed by atoms with Gasteiger partial charge in [-0.1, -0.05) is 6.07 Å². The number of hydrogen-bond donors (Lipinski definition) is 0. The van der Waals surface area contributed by atoms with Crippen LogP contribution in [0.2, 0.25) is 0 Å². The van der Waals surface area contributed by atoms with E-state index in [2.05, 4.69) is 0 Å². The van der Waals surface area contributed by atoms with Crippen molar-refractivity contribution < 1.29 is 22.7 Å². The van der Waals surface area contributed by atoms with Gasteiger partial charge >= 0.3 is 0 Å². The topological polar surface area (TPSA) is 29.5 Å². The Labute approximate surface area is 115 Å². The number of amides is 1. The smallest absolute Gasteiger partial charge is 0.255 e. The average Bonchev–Trinajstić information content (AvgIpc) is 2.40. The molecule has 1 amide bonds. The molecule has 1 fully saturated rings. The van der Waals surface area contributed by atoms with Gasteiger partial charge in [-0.15, -0.1) is 0 Å². The van der Waals surface area contributed by atoms with Crippen molar-refractivity contribution in [3.05, 3.63) is 29.6 Å². The zero-order valence-electron chi connectivity index (χ0n) is 11.1. The minimum absolute atomic E-state index is 0.0654. The van der Waals surface area contributed by atoms with Crippen LogP contribution < -0.4 is 4.74 Å². The number of hydrogen-bond acceptors (Lipinski definition) is 2. The maximum Gasteiger partial charge on any atom is 0.255 e. The molecule has 1 aromatic rings. The second-order valence-electron chi connectivity index (χ2n) is 4.81. The summed E-state index contributed by atoms with van der Waals surface area (Å²) in [6.45, 7) is -0.310. The number of methoxy groups -OCH3 is 1. The molecule has 2 rings (SSSR count). The predicted octanol–water partition coefficient (Wildman–Crippen LogP) is 2.81. The fraction of sp³-hybridized carbons (Fsp3) is 0.500. The van der Waals surface area contributed by atoms with E-state index in [0.717, 1.165) is 4.90 Å². The Bertz CT molecular complexity index is 493. The van der Waals surface area contributed by atoms with Crippen LogP contribution in [0.25, 0.3) is 0 Å². The van der Waals surface area contributed by atoms with Crippen molar-refractivity contribution in [2.24, 2.45) is 0 Å². The summed E-state index contributed by atoms with van der Waals surface area (Å²) in [5.41, 5.74) is 0.441. The summed E-state index contributed by atoms with van der Waals surface area (Å²) in [4.78, 5) is 12.9. The molecular weight excluding hydrogens is 271 g/mol. The van der Waals surface area contributed by atoms with Gasteiger partial charge in [-0.05, 0) is 24.0 Å². The van der Waals surface area contributed by atoms with Crippen molar-refractivity contribution in [2.75, 3.05) is 20.2 Å². The number of benzene rings is 1. The Morgan fingerprint density at radius 3 is 2.75 bits per heavy atom. The van der Waals surface area contributed by atoms with Crippen LogP contribution in [0, 0.1) is 5.82 Å². The quantitative estimate of drug-likeness (QED) is 0.852. The molecule has 0 radical (unpaired) electrons. The second kappa shape index (κ2) is 6.15. The average molecular weight is 287 g/mol. The highest BCUT2D eigenvalue weighted by Crippen LogP contribution is 2.32. The summed E-state index contributed by atoms with van der Waals surface area (Å²) in [6.07, 6.45) is -1.98. The molecule has 6 heteroatoms. The Morgan fingerprint density at radius 2 is 2.20 bits per heavy atom. The molecule has 1 aliphatic heterocycles. The minimum Gasteiger partial charge on any atom is -0.497 e. The molecule has 20 heavy (non-hydrogen) atoms. The molecule has 0 aliphatic carbocycles. The van der Waals surface area contributed by atoms with E-state index in [1.54, 1.807) is 12.1 Å². The number of piperidine rings is 1. The van der Waals surface area contributed by atoms with Crippen molar-refractivity contribution in [2.45, 2.75) is 25.2 Å². The molecule has 1 atom stereocenters. The first-order valence-corrected chi connectivity index (χ1v) is 6.40. The highest BCUT2D eigenvalue weighted by atomic mass is 19.3. The second-order valence-corrected chi connectivity index (χ2v) is 4.81. The maximum atomic E-state index is 13.9. The standard InChI is InChI=1S/C14H16F3NO2/c1-20-10-2-3-11(12(15)7-10)9-4-5-18(8-13(16)17)14(19)6-9/h2-3,7,9,13H,4-6,8H2,1H3. The number of rotatable bonds is 4. The molecule has 1 unspecified atom stereocenters. The molecule has 0 bridgehead atoms. The fourth-order valence-corrected chi connectivity index (χ4v) is 2.47. The Kier molecular flexibility index (Phi) is 4.52. The lowest BCUT2D eigenvalue weighted by atomic mass is 9.88. The van der Waals surface area contributed by atoms with Gasteiger partial charge in [0, 0.05) is 19.0 Å². The van der Waals surface area contributed by atoms with Gasteiger partial charge in [-0.25, -0.2) is 13.2 Å². The van der Waals surface area contributed by atoms with Gasteiger partial charge in [0.1, 0.15) is 11.6 Å². The van der Waals surface area contributed by atoms with Gasteiger partial charge in [-0.2, -0.15) is 0 Å². The van der Waals surface area contributed by atoms with E-state index in [1.807, 2.05) is 0 Å². The molecule has 1 aliphatic rings. The van der Waals surface area contributed by atoms with Crippen molar-refractivity contribution in [3.63, 3.8) is 0 Å². The number of carbonyl (C=O) groups excluding carboxylic acids is 1. The lowest BCUT2D eigenvalue weighted by Crippen LogP contribution is -2.40. The largest absolute Gasteiger partial charge is 0.497 e. The molecular formula is C14H16F3NO2. The summed E-state index contributed by atoms with van der Waals surface area (Å²) in [5.74, 6) is -0.628. The van der Waals surface area contributed by atoms with Crippen LogP contribution in [-0.4, -0.2) is 37.4 Å². The van der Waals surface area contributed by atoms with Gasteiger partial charge < -0.3 is 9.64 Å². The number of ether oxygens (including phenoxy) is 1. The highest BCUT2D eigenvalue weighted by molar-refractivity contribution is 5.78. The van der Waals surface area contributed by atoms with Crippen LogP contribution in [0.1, 0.15) is 24.3 Å². The molecule has 0 aromatic heterocycles. The molecule has 1 aromatic carbocycles. The van der Waals surface area contributed by atoms with Gasteiger partial charge in [0.2, 0.25) is 5.91 Å². The Balaban J connectivity index is 2.07. The number of halogens is 3. The monoisotopic (exact) mass is 287 g/mol. The molecule has 0 spiro atoms. The van der Waals surface area contributed by atoms with E-state index < -0.39 is 18.8 Å². The third-order valence-corrected chi connectivity index (χ3v) is 3.53. The molecule has 0 N–H and O–H groups in total. The van der Waals surface area contributed by atoms with Crippen LogP contribution in [0.3, 0.4) is 0 Å². The minimum atomic E-state index is -2.53. The van der Waals surface area contributed by atoms with Gasteiger partial charge in [0.25, 0.3) is 6.43 Å². The third-order valence-electron chi connectivity index (χ3n) is 3.53. The lowest BCUT2D eigenvalue weighted by molar-refractivity contribution is -0.135. The summed E-state index contributed by atoms with van der Waals surface area (Å²) in [7, 11) is 1.45. The van der Waals surface area contributed by atoms with Crippen molar-refractivity contribution in [3.8, 4) is 5.75 Å². The van der Waals surface area contributed by atoms with Crippen LogP contribution in [-0.2, 0) is 4.79 Å². The molecule has 1 saturated heterocycles. The first-order valence-electron chi connectivity index (χ1n) is 6.40. The van der Waals surface area contributed by atoms with Crippen molar-refractivity contribution >= 4 is 5.91 Å². The van der Waals surface area contributed by atoms with E-state index in [0.29, 0.717) is 17.7 Å². The van der Waals surface area contributed by atoms with E-state index in [-0.39, 0.29) is 24.8 Å². The first-order chi connectivity index (χ1) is 9.51. The number of likely N-dealkylation sites (tertiary alicyclic amines) is 1. The summed E-state index contributed by atoms with van der Waals surface area (Å²) in [5, 5.41) is 0. The highest BCUT2D eigenvalue weighted by Gasteiger charge is 2.29. The Morgan fingerprint density at radius 1 is 1.45 bits per heavy atom. The lowest BCUT2D eigenvalue weighted by Gasteiger charge is -2.31. The van der Waals surface area contributed by atoms with Crippen LogP contribution in [0.5, 0.6) is 5.75 Å². The van der Waals surface area contributed by atoms with E-state index >= 15 is 0 Å². The number of carbonyl (C=O) groups is 1. The molecule has 1 heterocycles. The van der Waals surface area contributed by atoms with E-state index in [4.69, 9.17) is 4.74 Å². The first kappa shape index (κ1) is 14.7. The SMILES string of the molecule is COc1ccc(C2CCN(CC(F)F)C(=O)C2)c(F)c1. The third kappa shape index (κ3) is 3.23. The number of nitrogens with zero attached hydrogens (tertiary/aromatic N) is 1. The number of alkyl halides is 2. The molecule has 0 saturated carbocycles. The van der Waals surface area contributed by atoms with E-state index in [1.165, 1.54) is 13.2 Å². The normalized spacial score (nSPS) is 19.6. The van der Waals surface area contributed by atoms with Crippen LogP contribution in [0.15, 0.2) is 18.2 Å². The van der Waals surface area contributed by atoms with Gasteiger partial charge in [0.15, 0.2) is 0 Å². The molecule has 3 nitrogen and oxygen atoms in total. The zero-order valence-corrected chi connectivity index (χ0v) is 11.1. The predicted molar refractivity (Wildman–Crippen MR) is 67.5 cm³/mol. The van der Waals surface area contributed by atoms with Crippen molar-refractivity contribution in [1.29, 1.82) is 0 Å². The summed E-state index contributed by atoms with van der Waals surface area (Å²) >= 11 is 0. The van der Waals surface area contributed by atoms with Crippen molar-refractivity contribution in [1.82, 2.24) is 4.90 Å². The van der Waals surface area contributed by atoms with Crippen LogP contribution in [0.4, 0.5) is 13.2 Å². The van der Waals surface area contributed by atoms with Crippen LogP contribution >= 0.6 is 0 Å². The zero-order chi connectivity index (χ0) is 14.7. The van der Waals surface area contributed by atoms with Gasteiger partial charge in [0.05, 0.1) is 13.7 Å². The van der Waals surface area contributed by atoms with Gasteiger partial charge in [-0.3, -0.25) is 4.79 Å². The fourth-order valence-electron chi connectivity index (χ4n) is 2.47. The van der Waals surface area contributed by atoms with E-state index in [9.17, 15) is 18.0 Å². The summed E-state index contributed by atoms with van der Waals surface area (Å²) in [6, 6.07) is 4.49. The molecule has 110 valence electrons. The maximum absolute atomic E-state index is 13.9. The Hall–Kier alpha value is -1.72. The summed E-state index contributed by atoms with van der Waals surface area (Å²) < 4.78 is 43.4.